The van der Waals surface area contributed by atoms with Crippen LogP contribution in [0.1, 0.15) is 22.9 Å². The molecule has 0 spiro atoms. The van der Waals surface area contributed by atoms with Gasteiger partial charge in [0.2, 0.25) is 5.95 Å². The highest BCUT2D eigenvalue weighted by molar-refractivity contribution is 5.70. The van der Waals surface area contributed by atoms with E-state index in [1.54, 1.807) is 0 Å². The van der Waals surface area contributed by atoms with E-state index in [1.165, 1.54) is 11.1 Å². The van der Waals surface area contributed by atoms with Crippen molar-refractivity contribution in [1.29, 1.82) is 0 Å². The molecule has 0 bridgehead atoms. The van der Waals surface area contributed by atoms with Crippen LogP contribution in [0.5, 0.6) is 0 Å². The van der Waals surface area contributed by atoms with Crippen molar-refractivity contribution in [1.82, 2.24) is 25.3 Å². The predicted octanol–water partition coefficient (Wildman–Crippen LogP) is 0.463. The Balaban J connectivity index is 1.88. The fraction of sp³-hybridized carbons (Fsp3) is 0.214. The molecule has 21 heavy (non-hydrogen) atoms. The second-order valence-corrected chi connectivity index (χ2v) is 5.15. The van der Waals surface area contributed by atoms with E-state index in [2.05, 4.69) is 37.4 Å². The lowest BCUT2D eigenvalue weighted by atomic mass is 9.90. The maximum Gasteiger partial charge on any atom is 0.278 e. The zero-order chi connectivity index (χ0) is 14.4. The number of hydrogen-bond donors (Lipinski definition) is 4. The van der Waals surface area contributed by atoms with Crippen LogP contribution in [0, 0.1) is 0 Å². The maximum atomic E-state index is 11.9. The Morgan fingerprint density at radius 2 is 2.05 bits per heavy atom. The highest BCUT2D eigenvalue weighted by atomic mass is 16.1. The Kier molecular flexibility index (Phi) is 2.55. The SMILES string of the molecule is Nc1nc2nc(C3CNCc4ccccc43)[nH]c2c(=O)[nH]1. The van der Waals surface area contributed by atoms with Crippen LogP contribution in [0.3, 0.4) is 0 Å². The first-order valence-electron chi connectivity index (χ1n) is 6.76. The first-order valence-corrected chi connectivity index (χ1v) is 6.76. The molecule has 1 atom stereocenters. The summed E-state index contributed by atoms with van der Waals surface area (Å²) < 4.78 is 0. The fourth-order valence-corrected chi connectivity index (χ4v) is 2.85. The van der Waals surface area contributed by atoms with Gasteiger partial charge in [-0.3, -0.25) is 9.78 Å². The first-order chi connectivity index (χ1) is 10.2. The molecule has 1 unspecified atom stereocenters. The molecule has 1 aliphatic heterocycles. The summed E-state index contributed by atoms with van der Waals surface area (Å²) in [4.78, 5) is 26.0. The summed E-state index contributed by atoms with van der Waals surface area (Å²) in [5, 5.41) is 3.37. The zero-order valence-corrected chi connectivity index (χ0v) is 11.2. The van der Waals surface area contributed by atoms with Crippen LogP contribution >= 0.6 is 0 Å². The Morgan fingerprint density at radius 1 is 1.19 bits per heavy atom. The van der Waals surface area contributed by atoms with E-state index < -0.39 is 0 Å². The molecule has 2 aromatic heterocycles. The standard InChI is InChI=1S/C14H14N6O/c15-14-19-12-10(13(21)20-14)17-11(18-12)9-6-16-5-7-3-1-2-4-8(7)9/h1-4,9,16H,5-6H2,(H4,15,17,18,19,20,21). The highest BCUT2D eigenvalue weighted by Crippen LogP contribution is 2.28. The van der Waals surface area contributed by atoms with Crippen molar-refractivity contribution < 1.29 is 0 Å². The largest absolute Gasteiger partial charge is 0.369 e. The predicted molar refractivity (Wildman–Crippen MR) is 78.9 cm³/mol. The monoisotopic (exact) mass is 282 g/mol. The van der Waals surface area contributed by atoms with Crippen molar-refractivity contribution in [3.63, 3.8) is 0 Å². The third-order valence-corrected chi connectivity index (χ3v) is 3.82. The van der Waals surface area contributed by atoms with E-state index >= 15 is 0 Å². The number of imidazole rings is 1. The van der Waals surface area contributed by atoms with E-state index in [0.29, 0.717) is 11.2 Å². The minimum atomic E-state index is -0.298. The topological polar surface area (TPSA) is 112 Å². The minimum Gasteiger partial charge on any atom is -0.369 e. The quantitative estimate of drug-likeness (QED) is 0.518. The van der Waals surface area contributed by atoms with E-state index in [0.717, 1.165) is 18.9 Å². The van der Waals surface area contributed by atoms with Gasteiger partial charge in [-0.2, -0.15) is 4.98 Å². The molecule has 3 aromatic rings. The molecule has 0 fully saturated rings. The Hall–Kier alpha value is -2.67. The minimum absolute atomic E-state index is 0.0739. The van der Waals surface area contributed by atoms with Gasteiger partial charge in [-0.25, -0.2) is 4.98 Å². The smallest absolute Gasteiger partial charge is 0.278 e. The van der Waals surface area contributed by atoms with E-state index in [1.807, 2.05) is 12.1 Å². The van der Waals surface area contributed by atoms with Crippen LogP contribution in [-0.4, -0.2) is 26.5 Å². The molecule has 0 radical (unpaired) electrons. The molecule has 0 amide bonds. The number of fused-ring (bicyclic) bond motifs is 2. The summed E-state index contributed by atoms with van der Waals surface area (Å²) in [5.41, 5.74) is 8.45. The summed E-state index contributed by atoms with van der Waals surface area (Å²) in [6, 6.07) is 8.23. The lowest BCUT2D eigenvalue weighted by molar-refractivity contribution is 0.576. The molecule has 5 N–H and O–H groups in total. The molecule has 0 saturated heterocycles. The molecule has 7 nitrogen and oxygen atoms in total. The third-order valence-electron chi connectivity index (χ3n) is 3.82. The summed E-state index contributed by atoms with van der Waals surface area (Å²) in [6.07, 6.45) is 0. The summed E-state index contributed by atoms with van der Waals surface area (Å²) >= 11 is 0. The average Bonchev–Trinajstić information content (AvgIpc) is 2.90. The van der Waals surface area contributed by atoms with Gasteiger partial charge in [0.05, 0.1) is 5.92 Å². The number of nitrogens with two attached hydrogens (primary N) is 1. The average molecular weight is 282 g/mol. The van der Waals surface area contributed by atoms with Gasteiger partial charge in [-0.1, -0.05) is 24.3 Å². The van der Waals surface area contributed by atoms with Gasteiger partial charge in [0.15, 0.2) is 11.2 Å². The lowest BCUT2D eigenvalue weighted by Gasteiger charge is -2.24. The van der Waals surface area contributed by atoms with Crippen molar-refractivity contribution in [3.8, 4) is 0 Å². The molecule has 7 heteroatoms. The van der Waals surface area contributed by atoms with Crippen LogP contribution < -0.4 is 16.6 Å². The van der Waals surface area contributed by atoms with E-state index in [9.17, 15) is 4.79 Å². The lowest BCUT2D eigenvalue weighted by Crippen LogP contribution is -2.29. The second-order valence-electron chi connectivity index (χ2n) is 5.15. The highest BCUT2D eigenvalue weighted by Gasteiger charge is 2.24. The third kappa shape index (κ3) is 1.90. The Bertz CT molecular complexity index is 881. The van der Waals surface area contributed by atoms with Crippen LogP contribution in [-0.2, 0) is 6.54 Å². The molecule has 106 valence electrons. The van der Waals surface area contributed by atoms with Crippen LogP contribution in [0.2, 0.25) is 0 Å². The number of anilines is 1. The van der Waals surface area contributed by atoms with Gasteiger partial charge in [0, 0.05) is 13.1 Å². The maximum absolute atomic E-state index is 11.9. The molecular weight excluding hydrogens is 268 g/mol. The van der Waals surface area contributed by atoms with Crippen molar-refractivity contribution >= 4 is 17.1 Å². The van der Waals surface area contributed by atoms with Gasteiger partial charge in [-0.15, -0.1) is 0 Å². The number of rotatable bonds is 1. The van der Waals surface area contributed by atoms with Gasteiger partial charge in [-0.05, 0) is 11.1 Å². The molecule has 1 aliphatic rings. The van der Waals surface area contributed by atoms with Gasteiger partial charge < -0.3 is 16.0 Å². The Morgan fingerprint density at radius 3 is 2.95 bits per heavy atom. The van der Waals surface area contributed by atoms with Crippen molar-refractivity contribution in [2.75, 3.05) is 12.3 Å². The zero-order valence-electron chi connectivity index (χ0n) is 11.2. The normalized spacial score (nSPS) is 17.8. The fourth-order valence-electron chi connectivity index (χ4n) is 2.85. The van der Waals surface area contributed by atoms with E-state index in [-0.39, 0.29) is 17.4 Å². The van der Waals surface area contributed by atoms with Crippen LogP contribution in [0.25, 0.3) is 11.2 Å². The van der Waals surface area contributed by atoms with Crippen molar-refractivity contribution in [2.45, 2.75) is 12.5 Å². The number of nitrogen functional groups attached to an aromatic ring is 1. The van der Waals surface area contributed by atoms with E-state index in [4.69, 9.17) is 5.73 Å². The van der Waals surface area contributed by atoms with Gasteiger partial charge >= 0.3 is 0 Å². The number of hydrogen-bond acceptors (Lipinski definition) is 5. The summed E-state index contributed by atoms with van der Waals surface area (Å²) in [6.45, 7) is 1.61. The number of nitrogens with zero attached hydrogens (tertiary/aromatic N) is 2. The number of aromatic nitrogens is 4. The molecule has 4 rings (SSSR count). The number of H-pyrrole nitrogens is 2. The van der Waals surface area contributed by atoms with Crippen LogP contribution in [0.4, 0.5) is 5.95 Å². The first kappa shape index (κ1) is 12.1. The number of aromatic amines is 2. The Labute approximate surface area is 119 Å². The van der Waals surface area contributed by atoms with Crippen LogP contribution in [0.15, 0.2) is 29.1 Å². The summed E-state index contributed by atoms with van der Waals surface area (Å²) in [5.74, 6) is 0.880. The molecule has 1 aromatic carbocycles. The molecule has 0 aliphatic carbocycles. The van der Waals surface area contributed by atoms with Gasteiger partial charge in [0.25, 0.3) is 5.56 Å². The molecule has 0 saturated carbocycles. The number of benzene rings is 1. The van der Waals surface area contributed by atoms with Gasteiger partial charge in [0.1, 0.15) is 5.82 Å². The number of nitrogens with one attached hydrogen (secondary N) is 3. The molecule has 3 heterocycles. The second kappa shape index (κ2) is 4.42. The molecular formula is C14H14N6O. The summed E-state index contributed by atoms with van der Waals surface area (Å²) in [7, 11) is 0. The van der Waals surface area contributed by atoms with Crippen molar-refractivity contribution in [2.24, 2.45) is 0 Å². The van der Waals surface area contributed by atoms with Crippen molar-refractivity contribution in [3.05, 3.63) is 51.6 Å².